The van der Waals surface area contributed by atoms with Crippen LogP contribution in [0.2, 0.25) is 0 Å². The number of thioether (sulfide) groups is 1. The molecule has 0 saturated heterocycles. The van der Waals surface area contributed by atoms with Gasteiger partial charge in [0.15, 0.2) is 0 Å². The first-order valence-corrected chi connectivity index (χ1v) is 5.47. The average molecular weight is 208 g/mol. The van der Waals surface area contributed by atoms with E-state index in [9.17, 15) is 0 Å². The molecule has 1 aromatic carbocycles. The van der Waals surface area contributed by atoms with Crippen molar-refractivity contribution in [3.05, 3.63) is 23.8 Å². The number of nitrogens with zero attached hydrogens (tertiary/aromatic N) is 1. The minimum absolute atomic E-state index is 0.0639. The van der Waals surface area contributed by atoms with E-state index in [1.807, 2.05) is 24.5 Å². The van der Waals surface area contributed by atoms with Crippen LogP contribution in [0.15, 0.2) is 23.1 Å². The highest BCUT2D eigenvalue weighted by Crippen LogP contribution is 2.25. The van der Waals surface area contributed by atoms with Crippen molar-refractivity contribution in [2.75, 3.05) is 24.7 Å². The Kier molecular flexibility index (Phi) is 4.30. The van der Waals surface area contributed by atoms with Gasteiger partial charge in [-0.15, -0.1) is 11.8 Å². The van der Waals surface area contributed by atoms with Gasteiger partial charge in [0, 0.05) is 11.4 Å². The summed E-state index contributed by atoms with van der Waals surface area (Å²) in [6.07, 6.45) is 1.94. The minimum Gasteiger partial charge on any atom is -0.395 e. The number of hydrogen-bond acceptors (Lipinski definition) is 4. The number of anilines is 1. The fourth-order valence-corrected chi connectivity index (χ4v) is 1.73. The Hall–Kier alpha value is -1.18. The largest absolute Gasteiger partial charge is 0.395 e. The van der Waals surface area contributed by atoms with E-state index in [2.05, 4.69) is 11.4 Å². The van der Waals surface area contributed by atoms with Crippen LogP contribution in [-0.2, 0) is 0 Å². The smallest absolute Gasteiger partial charge is 0.102 e. The zero-order valence-corrected chi connectivity index (χ0v) is 8.77. The molecule has 0 aliphatic heterocycles. The van der Waals surface area contributed by atoms with E-state index in [1.165, 1.54) is 0 Å². The molecule has 74 valence electrons. The van der Waals surface area contributed by atoms with Crippen molar-refractivity contribution < 1.29 is 5.11 Å². The van der Waals surface area contributed by atoms with Crippen LogP contribution < -0.4 is 5.32 Å². The normalized spacial score (nSPS) is 9.50. The number of rotatable bonds is 4. The van der Waals surface area contributed by atoms with Crippen LogP contribution in [0.5, 0.6) is 0 Å². The lowest BCUT2D eigenvalue weighted by molar-refractivity contribution is 0.311. The maximum atomic E-state index is 8.96. The topological polar surface area (TPSA) is 56.0 Å². The first-order chi connectivity index (χ1) is 6.83. The standard InChI is InChI=1S/C10H12N2OS/c1-14-10-4-2-3-9(8(10)7-11)12-5-6-13/h2-4,12-13H,5-6H2,1H3. The first-order valence-electron chi connectivity index (χ1n) is 4.25. The molecule has 0 aliphatic carbocycles. The van der Waals surface area contributed by atoms with E-state index in [-0.39, 0.29) is 6.61 Å². The molecule has 0 bridgehead atoms. The van der Waals surface area contributed by atoms with Crippen molar-refractivity contribution in [2.45, 2.75) is 4.90 Å². The molecule has 1 rings (SSSR count). The Morgan fingerprint density at radius 1 is 1.57 bits per heavy atom. The highest BCUT2D eigenvalue weighted by Gasteiger charge is 2.05. The summed E-state index contributed by atoms with van der Waals surface area (Å²) in [5.74, 6) is 0. The average Bonchev–Trinajstić information content (AvgIpc) is 2.25. The predicted molar refractivity (Wildman–Crippen MR) is 58.5 cm³/mol. The van der Waals surface area contributed by atoms with E-state index >= 15 is 0 Å². The molecule has 2 N–H and O–H groups in total. The van der Waals surface area contributed by atoms with Crippen LogP contribution >= 0.6 is 11.8 Å². The summed E-state index contributed by atoms with van der Waals surface area (Å²) in [6, 6.07) is 7.81. The molecule has 0 aromatic heterocycles. The van der Waals surface area contributed by atoms with Gasteiger partial charge in [0.25, 0.3) is 0 Å². The second kappa shape index (κ2) is 5.53. The van der Waals surface area contributed by atoms with Crippen molar-refractivity contribution in [3.8, 4) is 6.07 Å². The van der Waals surface area contributed by atoms with E-state index in [0.29, 0.717) is 12.1 Å². The summed E-state index contributed by atoms with van der Waals surface area (Å²) in [7, 11) is 0. The highest BCUT2D eigenvalue weighted by molar-refractivity contribution is 7.98. The van der Waals surface area contributed by atoms with E-state index in [0.717, 1.165) is 10.6 Å². The SMILES string of the molecule is CSc1cccc(NCCO)c1C#N. The van der Waals surface area contributed by atoms with Crippen LogP contribution in [0.3, 0.4) is 0 Å². The molecule has 0 amide bonds. The fraction of sp³-hybridized carbons (Fsp3) is 0.300. The minimum atomic E-state index is 0.0639. The second-order valence-corrected chi connectivity index (χ2v) is 3.49. The van der Waals surface area contributed by atoms with Gasteiger partial charge in [0.05, 0.1) is 17.9 Å². The monoisotopic (exact) mass is 208 g/mol. The molecule has 3 nitrogen and oxygen atoms in total. The van der Waals surface area contributed by atoms with Crippen LogP contribution in [0.1, 0.15) is 5.56 Å². The first kappa shape index (κ1) is 10.9. The number of hydrogen-bond donors (Lipinski definition) is 2. The third-order valence-corrected chi connectivity index (χ3v) is 2.57. The third kappa shape index (κ3) is 2.41. The Labute approximate surface area is 87.8 Å². The zero-order chi connectivity index (χ0) is 10.4. The Balaban J connectivity index is 2.98. The van der Waals surface area contributed by atoms with Crippen molar-refractivity contribution in [3.63, 3.8) is 0 Å². The highest BCUT2D eigenvalue weighted by atomic mass is 32.2. The summed E-state index contributed by atoms with van der Waals surface area (Å²) in [6.45, 7) is 0.529. The van der Waals surface area contributed by atoms with Gasteiger partial charge in [-0.25, -0.2) is 0 Å². The van der Waals surface area contributed by atoms with E-state index < -0.39 is 0 Å². The van der Waals surface area contributed by atoms with Crippen LogP contribution in [-0.4, -0.2) is 24.5 Å². The van der Waals surface area contributed by atoms with Crippen molar-refractivity contribution in [1.29, 1.82) is 5.26 Å². The molecule has 0 fully saturated rings. The summed E-state index contributed by atoms with van der Waals surface area (Å²) in [5, 5.41) is 20.6. The molecule has 4 heteroatoms. The number of nitrogens with one attached hydrogen (secondary N) is 1. The molecule has 0 saturated carbocycles. The molecule has 0 aliphatic rings. The molecule has 0 spiro atoms. The second-order valence-electron chi connectivity index (χ2n) is 2.65. The van der Waals surface area contributed by atoms with E-state index in [4.69, 9.17) is 10.4 Å². The maximum Gasteiger partial charge on any atom is 0.102 e. The van der Waals surface area contributed by atoms with Crippen molar-refractivity contribution in [2.24, 2.45) is 0 Å². The van der Waals surface area contributed by atoms with Gasteiger partial charge in [-0.1, -0.05) is 6.07 Å². The zero-order valence-electron chi connectivity index (χ0n) is 7.95. The number of aliphatic hydroxyl groups excluding tert-OH is 1. The number of aliphatic hydroxyl groups is 1. The van der Waals surface area contributed by atoms with Crippen LogP contribution in [0.4, 0.5) is 5.69 Å². The van der Waals surface area contributed by atoms with Crippen molar-refractivity contribution in [1.82, 2.24) is 0 Å². The molecule has 0 heterocycles. The van der Waals surface area contributed by atoms with Gasteiger partial charge in [-0.3, -0.25) is 0 Å². The van der Waals surface area contributed by atoms with Gasteiger partial charge in [-0.05, 0) is 18.4 Å². The lowest BCUT2D eigenvalue weighted by Gasteiger charge is -2.08. The summed E-state index contributed by atoms with van der Waals surface area (Å²) >= 11 is 1.54. The number of benzene rings is 1. The molecule has 0 radical (unpaired) electrons. The van der Waals surface area contributed by atoms with Gasteiger partial charge in [0.1, 0.15) is 6.07 Å². The number of nitriles is 1. The maximum absolute atomic E-state index is 8.96. The van der Waals surface area contributed by atoms with Gasteiger partial charge >= 0.3 is 0 Å². The Bertz CT molecular complexity index is 346. The molecule has 0 unspecified atom stereocenters. The third-order valence-electron chi connectivity index (χ3n) is 1.79. The van der Waals surface area contributed by atoms with Crippen LogP contribution in [0.25, 0.3) is 0 Å². The predicted octanol–water partition coefficient (Wildman–Crippen LogP) is 1.68. The van der Waals surface area contributed by atoms with Gasteiger partial charge < -0.3 is 10.4 Å². The summed E-state index contributed by atoms with van der Waals surface area (Å²) in [5.41, 5.74) is 1.43. The van der Waals surface area contributed by atoms with Gasteiger partial charge in [0.2, 0.25) is 0 Å². The van der Waals surface area contributed by atoms with E-state index in [1.54, 1.807) is 11.8 Å². The molecular weight excluding hydrogens is 196 g/mol. The summed E-state index contributed by atoms with van der Waals surface area (Å²) in [4.78, 5) is 0.954. The summed E-state index contributed by atoms with van der Waals surface area (Å²) < 4.78 is 0. The molecule has 14 heavy (non-hydrogen) atoms. The molecular formula is C10H12N2OS. The Morgan fingerprint density at radius 3 is 2.93 bits per heavy atom. The quantitative estimate of drug-likeness (QED) is 0.739. The Morgan fingerprint density at radius 2 is 2.36 bits per heavy atom. The molecule has 1 aromatic rings. The van der Waals surface area contributed by atoms with Crippen molar-refractivity contribution >= 4 is 17.4 Å². The molecule has 0 atom stereocenters. The fourth-order valence-electron chi connectivity index (χ4n) is 1.15. The van der Waals surface area contributed by atoms with Crippen LogP contribution in [0, 0.1) is 11.3 Å². The lowest BCUT2D eigenvalue weighted by Crippen LogP contribution is -2.07. The lowest BCUT2D eigenvalue weighted by atomic mass is 10.2. The van der Waals surface area contributed by atoms with Gasteiger partial charge in [-0.2, -0.15) is 5.26 Å².